The van der Waals surface area contributed by atoms with Gasteiger partial charge in [0, 0.05) is 31.6 Å². The molecule has 2 aromatic carbocycles. The van der Waals surface area contributed by atoms with Crippen LogP contribution in [-0.4, -0.2) is 80.1 Å². The largest absolute Gasteiger partial charge is 0.493 e. The van der Waals surface area contributed by atoms with Crippen LogP contribution >= 0.6 is 0 Å². The van der Waals surface area contributed by atoms with Crippen molar-refractivity contribution in [1.29, 1.82) is 0 Å². The van der Waals surface area contributed by atoms with E-state index in [1.54, 1.807) is 6.07 Å². The maximum atomic E-state index is 13.5. The number of non-ortho nitro benzene ring substituents is 1. The molecule has 0 spiro atoms. The lowest BCUT2D eigenvalue weighted by Gasteiger charge is -2.38. The van der Waals surface area contributed by atoms with Crippen LogP contribution in [0, 0.1) is 20.2 Å². The normalized spacial score (nSPS) is 23.7. The highest BCUT2D eigenvalue weighted by atomic mass is 32.2. The monoisotopic (exact) mass is 591 g/mol. The van der Waals surface area contributed by atoms with Crippen LogP contribution in [0.5, 0.6) is 11.5 Å². The number of hydrogen-bond donors (Lipinski definition) is 1. The lowest BCUT2D eigenvalue weighted by atomic mass is 9.68. The molecule has 0 saturated carbocycles. The van der Waals surface area contributed by atoms with Crippen molar-refractivity contribution in [3.63, 3.8) is 0 Å². The third-order valence-corrected chi connectivity index (χ3v) is 9.65. The molecule has 0 amide bonds. The van der Waals surface area contributed by atoms with Crippen molar-refractivity contribution in [2.45, 2.75) is 48.1 Å². The number of rotatable bonds is 10. The molecule has 41 heavy (non-hydrogen) atoms. The third kappa shape index (κ3) is 5.04. The molecular formula is C26H29N3O11S. The number of nitro groups is 2. The van der Waals surface area contributed by atoms with Gasteiger partial charge in [-0.05, 0) is 30.5 Å². The van der Waals surface area contributed by atoms with E-state index in [9.17, 15) is 33.8 Å². The minimum absolute atomic E-state index is 0.125. The van der Waals surface area contributed by atoms with E-state index < -0.39 is 60.1 Å². The Morgan fingerprint density at radius 2 is 1.88 bits per heavy atom. The van der Waals surface area contributed by atoms with Crippen molar-refractivity contribution in [2.24, 2.45) is 0 Å². The molecule has 3 atom stereocenters. The van der Waals surface area contributed by atoms with Crippen molar-refractivity contribution < 1.29 is 42.3 Å². The minimum atomic E-state index is -4.45. The Balaban J connectivity index is 1.52. The summed E-state index contributed by atoms with van der Waals surface area (Å²) < 4.78 is 51.2. The Bertz CT molecular complexity index is 1510. The first-order chi connectivity index (χ1) is 19.5. The minimum Gasteiger partial charge on any atom is -0.493 e. The van der Waals surface area contributed by atoms with E-state index in [1.807, 2.05) is 18.2 Å². The lowest BCUT2D eigenvalue weighted by Crippen LogP contribution is -2.49. The Kier molecular flexibility index (Phi) is 7.74. The quantitative estimate of drug-likeness (QED) is 0.243. The molecule has 1 saturated heterocycles. The molecule has 220 valence electrons. The van der Waals surface area contributed by atoms with Crippen LogP contribution in [0.1, 0.15) is 24.0 Å². The molecule has 15 heteroatoms. The molecule has 3 aliphatic rings. The van der Waals surface area contributed by atoms with Crippen LogP contribution in [0.2, 0.25) is 0 Å². The fourth-order valence-corrected chi connectivity index (χ4v) is 7.05. The van der Waals surface area contributed by atoms with Crippen molar-refractivity contribution in [1.82, 2.24) is 4.31 Å². The molecule has 0 unspecified atom stereocenters. The summed E-state index contributed by atoms with van der Waals surface area (Å²) in [6.07, 6.45) is 2.45. The molecule has 2 aliphatic heterocycles. The van der Waals surface area contributed by atoms with E-state index in [0.717, 1.165) is 27.6 Å². The van der Waals surface area contributed by atoms with E-state index in [2.05, 4.69) is 0 Å². The van der Waals surface area contributed by atoms with Gasteiger partial charge in [-0.1, -0.05) is 18.2 Å². The number of sulfonamides is 1. The van der Waals surface area contributed by atoms with Gasteiger partial charge in [0.05, 0.1) is 47.8 Å². The predicted octanol–water partition coefficient (Wildman–Crippen LogP) is 2.46. The summed E-state index contributed by atoms with van der Waals surface area (Å²) in [4.78, 5) is 20.3. The van der Waals surface area contributed by atoms with Crippen molar-refractivity contribution in [3.8, 4) is 11.5 Å². The highest BCUT2D eigenvalue weighted by Crippen LogP contribution is 2.55. The number of fused-ring (bicyclic) bond motifs is 3. The first-order valence-corrected chi connectivity index (χ1v) is 14.3. The Morgan fingerprint density at radius 3 is 2.54 bits per heavy atom. The fourth-order valence-electron chi connectivity index (χ4n) is 5.74. The van der Waals surface area contributed by atoms with Crippen molar-refractivity contribution in [3.05, 3.63) is 73.8 Å². The van der Waals surface area contributed by atoms with Gasteiger partial charge in [0.15, 0.2) is 22.7 Å². The Labute approximate surface area is 235 Å². The van der Waals surface area contributed by atoms with E-state index in [0.29, 0.717) is 43.6 Å². The molecular weight excluding hydrogens is 562 g/mol. The Morgan fingerprint density at radius 1 is 1.15 bits per heavy atom. The second-order valence-corrected chi connectivity index (χ2v) is 12.0. The predicted molar refractivity (Wildman–Crippen MR) is 142 cm³/mol. The number of aliphatic hydroxyl groups excluding tert-OH is 1. The zero-order chi connectivity index (χ0) is 29.5. The SMILES string of the molecule is COc1ccc(CC2OCCO2)c2c1O[C@@H]1[C@@H](O)CC=C[C@]21CCN(C)S(=O)(=O)c1ccc([N+](=O)[O-])cc1[N+](=O)[O-]. The van der Waals surface area contributed by atoms with Crippen molar-refractivity contribution in [2.75, 3.05) is 33.9 Å². The number of nitrogens with zero attached hydrogens (tertiary/aromatic N) is 3. The van der Waals surface area contributed by atoms with Gasteiger partial charge in [-0.2, -0.15) is 0 Å². The van der Waals surface area contributed by atoms with E-state index >= 15 is 0 Å². The van der Waals surface area contributed by atoms with Gasteiger partial charge in [0.2, 0.25) is 10.0 Å². The topological polar surface area (TPSA) is 181 Å². The smallest absolute Gasteiger partial charge is 0.296 e. The average Bonchev–Trinajstić information content (AvgIpc) is 3.58. The number of benzene rings is 2. The molecule has 5 rings (SSSR count). The van der Waals surface area contributed by atoms with Crippen LogP contribution < -0.4 is 9.47 Å². The highest BCUT2D eigenvalue weighted by molar-refractivity contribution is 7.89. The second-order valence-electron chi connectivity index (χ2n) is 10.0. The number of ether oxygens (including phenoxy) is 4. The van der Waals surface area contributed by atoms with Gasteiger partial charge in [-0.15, -0.1) is 0 Å². The zero-order valence-corrected chi connectivity index (χ0v) is 23.1. The highest BCUT2D eigenvalue weighted by Gasteiger charge is 2.54. The number of methoxy groups -OCH3 is 1. The molecule has 1 aliphatic carbocycles. The maximum Gasteiger partial charge on any atom is 0.296 e. The van der Waals surface area contributed by atoms with Crippen LogP contribution in [0.4, 0.5) is 11.4 Å². The molecule has 2 heterocycles. The van der Waals surface area contributed by atoms with E-state index in [-0.39, 0.29) is 13.0 Å². The molecule has 0 aromatic heterocycles. The van der Waals surface area contributed by atoms with Crippen LogP contribution in [0.25, 0.3) is 0 Å². The maximum absolute atomic E-state index is 13.5. The Hall–Kier alpha value is -3.63. The average molecular weight is 592 g/mol. The summed E-state index contributed by atoms with van der Waals surface area (Å²) in [7, 11) is -1.67. The lowest BCUT2D eigenvalue weighted by molar-refractivity contribution is -0.396. The summed E-state index contributed by atoms with van der Waals surface area (Å²) in [5.41, 5.74) is -0.916. The summed E-state index contributed by atoms with van der Waals surface area (Å²) in [5.74, 6) is 0.893. The van der Waals surface area contributed by atoms with Gasteiger partial charge in [0.1, 0.15) is 6.10 Å². The van der Waals surface area contributed by atoms with E-state index in [4.69, 9.17) is 18.9 Å². The number of hydrogen-bond acceptors (Lipinski definition) is 11. The summed E-state index contributed by atoms with van der Waals surface area (Å²) in [5, 5.41) is 33.8. The van der Waals surface area contributed by atoms with Crippen LogP contribution in [0.3, 0.4) is 0 Å². The van der Waals surface area contributed by atoms with Gasteiger partial charge < -0.3 is 24.1 Å². The molecule has 14 nitrogen and oxygen atoms in total. The first-order valence-electron chi connectivity index (χ1n) is 12.8. The van der Waals surface area contributed by atoms with Gasteiger partial charge in [0.25, 0.3) is 11.4 Å². The summed E-state index contributed by atoms with van der Waals surface area (Å²) >= 11 is 0. The zero-order valence-electron chi connectivity index (χ0n) is 22.3. The summed E-state index contributed by atoms with van der Waals surface area (Å²) in [6, 6.07) is 6.03. The number of nitro benzene ring substituents is 2. The van der Waals surface area contributed by atoms with E-state index in [1.165, 1.54) is 14.2 Å². The number of aliphatic hydroxyl groups is 1. The van der Waals surface area contributed by atoms with Crippen molar-refractivity contribution >= 4 is 21.4 Å². The third-order valence-electron chi connectivity index (χ3n) is 7.74. The van der Waals surface area contributed by atoms with Gasteiger partial charge >= 0.3 is 0 Å². The van der Waals surface area contributed by atoms with Crippen LogP contribution in [0.15, 0.2) is 47.4 Å². The fraction of sp³-hybridized carbons (Fsp3) is 0.462. The molecule has 1 fully saturated rings. The molecule has 0 bridgehead atoms. The summed E-state index contributed by atoms with van der Waals surface area (Å²) in [6.45, 7) is 0.798. The molecule has 0 radical (unpaired) electrons. The van der Waals surface area contributed by atoms with Gasteiger partial charge in [-0.25, -0.2) is 12.7 Å². The van der Waals surface area contributed by atoms with Crippen LogP contribution in [-0.2, 0) is 31.3 Å². The molecule has 2 aromatic rings. The second kappa shape index (κ2) is 11.0. The molecule has 1 N–H and O–H groups in total. The standard InChI is InChI=1S/C26H29N3O11S/c1-27(41(35,36)21-8-6-17(28(31)32)15-18(21)29(33)34)11-10-26-9-3-4-19(30)25(26)40-24-20(37-2)7-5-16(23(24)26)14-22-38-12-13-39-22/h3,5-9,15,19,22,25,30H,4,10-14H2,1-2H3/t19-,25+,26-/m0/s1. The van der Waals surface area contributed by atoms with Gasteiger partial charge in [-0.3, -0.25) is 20.2 Å². The first kappa shape index (κ1) is 28.9.